The van der Waals surface area contributed by atoms with Crippen molar-refractivity contribution in [1.82, 2.24) is 10.2 Å². The van der Waals surface area contributed by atoms with Crippen LogP contribution in [-0.4, -0.2) is 49.3 Å². The predicted molar refractivity (Wildman–Crippen MR) is 62.1 cm³/mol. The summed E-state index contributed by atoms with van der Waals surface area (Å²) in [6, 6.07) is 2.36. The van der Waals surface area contributed by atoms with Gasteiger partial charge >= 0.3 is 0 Å². The maximum atomic E-state index is 5.25. The Labute approximate surface area is 93.2 Å². The minimum Gasteiger partial charge on any atom is -0.380 e. The van der Waals surface area contributed by atoms with E-state index in [1.165, 1.54) is 25.8 Å². The Bertz CT molecular complexity index is 206. The van der Waals surface area contributed by atoms with Crippen molar-refractivity contribution < 1.29 is 4.74 Å². The molecule has 0 aromatic carbocycles. The van der Waals surface area contributed by atoms with Crippen LogP contribution in [0.15, 0.2) is 0 Å². The summed E-state index contributed by atoms with van der Waals surface area (Å²) >= 11 is 0. The highest BCUT2D eigenvalue weighted by atomic mass is 16.5. The van der Waals surface area contributed by atoms with Crippen LogP contribution in [0.25, 0.3) is 0 Å². The number of rotatable bonds is 5. The highest BCUT2D eigenvalue weighted by molar-refractivity contribution is 4.95. The van der Waals surface area contributed by atoms with Gasteiger partial charge in [-0.3, -0.25) is 4.90 Å². The lowest BCUT2D eigenvalue weighted by molar-refractivity contribution is 0.114. The van der Waals surface area contributed by atoms with Gasteiger partial charge in [0, 0.05) is 38.3 Å². The molecule has 0 radical (unpaired) electrons. The number of nitrogens with one attached hydrogen (secondary N) is 1. The molecule has 1 saturated heterocycles. The number of hydrogen-bond donors (Lipinski definition) is 1. The zero-order valence-corrected chi connectivity index (χ0v) is 10.2. The zero-order valence-electron chi connectivity index (χ0n) is 10.2. The lowest BCUT2D eigenvalue weighted by Crippen LogP contribution is -2.37. The monoisotopic (exact) mass is 212 g/mol. The molecule has 0 bridgehead atoms. The summed E-state index contributed by atoms with van der Waals surface area (Å²) in [5.74, 6) is 0. The van der Waals surface area contributed by atoms with Crippen molar-refractivity contribution in [3.05, 3.63) is 0 Å². The van der Waals surface area contributed by atoms with Crippen LogP contribution in [0.4, 0.5) is 0 Å². The molecule has 2 fully saturated rings. The van der Waals surface area contributed by atoms with E-state index in [9.17, 15) is 0 Å². The van der Waals surface area contributed by atoms with Crippen molar-refractivity contribution in [2.24, 2.45) is 0 Å². The van der Waals surface area contributed by atoms with E-state index in [-0.39, 0.29) is 0 Å². The summed E-state index contributed by atoms with van der Waals surface area (Å²) in [6.07, 6.45) is 4.47. The summed E-state index contributed by atoms with van der Waals surface area (Å²) < 4.78 is 5.25. The van der Waals surface area contributed by atoms with Crippen molar-refractivity contribution >= 4 is 0 Å². The van der Waals surface area contributed by atoms with Gasteiger partial charge in [0.2, 0.25) is 0 Å². The Morgan fingerprint density at radius 2 is 2.20 bits per heavy atom. The molecule has 0 aromatic heterocycles. The number of likely N-dealkylation sites (tertiary alicyclic amines) is 1. The summed E-state index contributed by atoms with van der Waals surface area (Å²) in [7, 11) is 1.78. The number of nitrogens with zero attached hydrogens (tertiary/aromatic N) is 1. The van der Waals surface area contributed by atoms with Gasteiger partial charge in [0.15, 0.2) is 0 Å². The molecular weight excluding hydrogens is 188 g/mol. The van der Waals surface area contributed by atoms with Crippen LogP contribution in [0.3, 0.4) is 0 Å². The van der Waals surface area contributed by atoms with Crippen molar-refractivity contribution in [1.29, 1.82) is 0 Å². The van der Waals surface area contributed by atoms with E-state index in [0.29, 0.717) is 12.1 Å². The van der Waals surface area contributed by atoms with Gasteiger partial charge in [0.05, 0.1) is 6.10 Å². The van der Waals surface area contributed by atoms with Gasteiger partial charge in [-0.15, -0.1) is 0 Å². The van der Waals surface area contributed by atoms with E-state index < -0.39 is 0 Å². The average Bonchev–Trinajstić information content (AvgIpc) is 3.00. The molecule has 0 spiro atoms. The average molecular weight is 212 g/mol. The second kappa shape index (κ2) is 4.81. The van der Waals surface area contributed by atoms with Crippen LogP contribution in [0.1, 0.15) is 33.1 Å². The smallest absolute Gasteiger partial charge is 0.0667 e. The molecule has 3 nitrogen and oxygen atoms in total. The van der Waals surface area contributed by atoms with Gasteiger partial charge in [-0.05, 0) is 33.1 Å². The molecule has 88 valence electrons. The van der Waals surface area contributed by atoms with Gasteiger partial charge in [-0.1, -0.05) is 0 Å². The standard InChI is InChI=1S/C12H24N2O/c1-9-6-11(13-7-10(2)15-3)8-14(9)12-4-5-12/h9-13H,4-8H2,1-3H3. The molecule has 2 aliphatic rings. The maximum absolute atomic E-state index is 5.25. The van der Waals surface area contributed by atoms with Crippen LogP contribution >= 0.6 is 0 Å². The summed E-state index contributed by atoms with van der Waals surface area (Å²) in [5, 5.41) is 3.61. The van der Waals surface area contributed by atoms with Crippen molar-refractivity contribution in [2.45, 2.75) is 57.3 Å². The Hall–Kier alpha value is -0.120. The molecule has 3 atom stereocenters. The van der Waals surface area contributed by atoms with Crippen molar-refractivity contribution in [3.8, 4) is 0 Å². The van der Waals surface area contributed by atoms with Crippen LogP contribution in [0, 0.1) is 0 Å². The first-order chi connectivity index (χ1) is 7.20. The minimum absolute atomic E-state index is 0.329. The molecule has 3 unspecified atom stereocenters. The number of methoxy groups -OCH3 is 1. The van der Waals surface area contributed by atoms with Gasteiger partial charge in [-0.2, -0.15) is 0 Å². The Morgan fingerprint density at radius 1 is 1.47 bits per heavy atom. The Morgan fingerprint density at radius 3 is 2.80 bits per heavy atom. The number of ether oxygens (including phenoxy) is 1. The third kappa shape index (κ3) is 2.92. The summed E-state index contributed by atoms with van der Waals surface area (Å²) in [5.41, 5.74) is 0. The van der Waals surface area contributed by atoms with Crippen LogP contribution in [0.5, 0.6) is 0 Å². The van der Waals surface area contributed by atoms with Gasteiger partial charge in [0.1, 0.15) is 0 Å². The normalized spacial score (nSPS) is 34.6. The van der Waals surface area contributed by atoms with Crippen molar-refractivity contribution in [2.75, 3.05) is 20.2 Å². The lowest BCUT2D eigenvalue weighted by Gasteiger charge is -2.20. The quantitative estimate of drug-likeness (QED) is 0.742. The fourth-order valence-electron chi connectivity index (χ4n) is 2.54. The first-order valence-corrected chi connectivity index (χ1v) is 6.22. The second-order valence-corrected chi connectivity index (χ2v) is 5.16. The topological polar surface area (TPSA) is 24.5 Å². The molecule has 2 rings (SSSR count). The molecule has 3 heteroatoms. The van der Waals surface area contributed by atoms with E-state index in [4.69, 9.17) is 4.74 Å². The third-order valence-corrected chi connectivity index (χ3v) is 3.74. The first kappa shape index (κ1) is 11.4. The van der Waals surface area contributed by atoms with E-state index in [1.807, 2.05) is 0 Å². The zero-order chi connectivity index (χ0) is 10.8. The summed E-state index contributed by atoms with van der Waals surface area (Å²) in [4.78, 5) is 2.68. The fraction of sp³-hybridized carbons (Fsp3) is 1.00. The van der Waals surface area contributed by atoms with E-state index in [0.717, 1.165) is 18.6 Å². The Kier molecular flexibility index (Phi) is 3.65. The second-order valence-electron chi connectivity index (χ2n) is 5.16. The largest absolute Gasteiger partial charge is 0.380 e. The first-order valence-electron chi connectivity index (χ1n) is 6.22. The van der Waals surface area contributed by atoms with Crippen LogP contribution in [0.2, 0.25) is 0 Å². The van der Waals surface area contributed by atoms with Crippen molar-refractivity contribution in [3.63, 3.8) is 0 Å². The van der Waals surface area contributed by atoms with E-state index in [1.54, 1.807) is 7.11 Å². The predicted octanol–water partition coefficient (Wildman–Crippen LogP) is 1.24. The molecule has 1 N–H and O–H groups in total. The van der Waals surface area contributed by atoms with Gasteiger partial charge in [-0.25, -0.2) is 0 Å². The molecular formula is C12H24N2O. The van der Waals surface area contributed by atoms with Crippen LogP contribution < -0.4 is 5.32 Å². The third-order valence-electron chi connectivity index (χ3n) is 3.74. The molecule has 0 amide bonds. The molecule has 15 heavy (non-hydrogen) atoms. The van der Waals surface area contributed by atoms with E-state index in [2.05, 4.69) is 24.1 Å². The minimum atomic E-state index is 0.329. The SMILES string of the molecule is COC(C)CNC1CC(C)N(C2CC2)C1. The maximum Gasteiger partial charge on any atom is 0.0667 e. The molecule has 0 aromatic rings. The molecule has 1 saturated carbocycles. The van der Waals surface area contributed by atoms with Gasteiger partial charge in [0.25, 0.3) is 0 Å². The number of hydrogen-bond acceptors (Lipinski definition) is 3. The molecule has 1 aliphatic carbocycles. The Balaban J connectivity index is 1.71. The summed E-state index contributed by atoms with van der Waals surface area (Å²) in [6.45, 7) is 6.69. The highest BCUT2D eigenvalue weighted by Crippen LogP contribution is 2.33. The van der Waals surface area contributed by atoms with Gasteiger partial charge < -0.3 is 10.1 Å². The molecule has 1 heterocycles. The van der Waals surface area contributed by atoms with Crippen LogP contribution in [-0.2, 0) is 4.74 Å². The highest BCUT2D eigenvalue weighted by Gasteiger charge is 2.38. The van der Waals surface area contributed by atoms with E-state index >= 15 is 0 Å². The lowest BCUT2D eigenvalue weighted by atomic mass is 10.2. The fourth-order valence-corrected chi connectivity index (χ4v) is 2.54. The molecule has 1 aliphatic heterocycles.